The Hall–Kier alpha value is -1.81. The summed E-state index contributed by atoms with van der Waals surface area (Å²) in [5.74, 6) is 0.926. The van der Waals surface area contributed by atoms with E-state index < -0.39 is 0 Å². The van der Waals surface area contributed by atoms with Gasteiger partial charge in [-0.2, -0.15) is 5.10 Å². The van der Waals surface area contributed by atoms with Crippen molar-refractivity contribution in [2.75, 3.05) is 13.7 Å². The zero-order chi connectivity index (χ0) is 15.4. The van der Waals surface area contributed by atoms with Crippen molar-refractivity contribution < 1.29 is 4.74 Å². The number of hydrogen-bond donors (Lipinski definition) is 1. The lowest BCUT2D eigenvalue weighted by atomic mass is 9.97. The Kier molecular flexibility index (Phi) is 5.02. The molecule has 114 valence electrons. The summed E-state index contributed by atoms with van der Waals surface area (Å²) in [6, 6.07) is 8.47. The highest BCUT2D eigenvalue weighted by atomic mass is 16.5. The van der Waals surface area contributed by atoms with Crippen LogP contribution in [0.5, 0.6) is 5.75 Å². The number of nitrogens with zero attached hydrogens (tertiary/aromatic N) is 2. The van der Waals surface area contributed by atoms with E-state index in [-0.39, 0.29) is 6.04 Å². The van der Waals surface area contributed by atoms with Crippen LogP contribution in [0.1, 0.15) is 41.9 Å². The van der Waals surface area contributed by atoms with Gasteiger partial charge in [0.2, 0.25) is 0 Å². The zero-order valence-corrected chi connectivity index (χ0v) is 13.6. The quantitative estimate of drug-likeness (QED) is 0.887. The third-order valence-corrected chi connectivity index (χ3v) is 3.83. The molecule has 1 atom stereocenters. The molecule has 2 aromatic rings. The van der Waals surface area contributed by atoms with Crippen molar-refractivity contribution in [3.63, 3.8) is 0 Å². The van der Waals surface area contributed by atoms with Gasteiger partial charge in [0.1, 0.15) is 5.75 Å². The summed E-state index contributed by atoms with van der Waals surface area (Å²) in [4.78, 5) is 0. The topological polar surface area (TPSA) is 39.1 Å². The lowest BCUT2D eigenvalue weighted by Crippen LogP contribution is -2.19. The number of benzene rings is 1. The van der Waals surface area contributed by atoms with Gasteiger partial charge in [0.25, 0.3) is 0 Å². The third-order valence-electron chi connectivity index (χ3n) is 3.83. The van der Waals surface area contributed by atoms with Gasteiger partial charge in [-0.3, -0.25) is 4.68 Å². The molecule has 2 rings (SSSR count). The largest absolute Gasteiger partial charge is 0.494 e. The number of aryl methyl sites for hydroxylation is 2. The maximum Gasteiger partial charge on any atom is 0.119 e. The second kappa shape index (κ2) is 6.76. The molecule has 1 N–H and O–H groups in total. The standard InChI is InChI=1S/C17H25N3O/c1-6-11-21-15-9-7-14(8-10-15)17(18-4)16-12(2)19-20(5)13(16)3/h7-10,17-18H,6,11H2,1-5H3. The Morgan fingerprint density at radius 1 is 1.24 bits per heavy atom. The molecule has 0 aliphatic carbocycles. The monoisotopic (exact) mass is 287 g/mol. The molecule has 0 fully saturated rings. The van der Waals surface area contributed by atoms with E-state index in [0.717, 1.165) is 24.5 Å². The Morgan fingerprint density at radius 2 is 1.90 bits per heavy atom. The highest BCUT2D eigenvalue weighted by Gasteiger charge is 2.20. The number of rotatable bonds is 6. The molecule has 0 saturated heterocycles. The minimum atomic E-state index is 0.152. The molecular formula is C17H25N3O. The number of nitrogens with one attached hydrogen (secondary N) is 1. The summed E-state index contributed by atoms with van der Waals surface area (Å²) in [6.07, 6.45) is 1.02. The van der Waals surface area contributed by atoms with Crippen molar-refractivity contribution in [2.24, 2.45) is 7.05 Å². The molecule has 0 aliphatic rings. The van der Waals surface area contributed by atoms with Gasteiger partial charge in [0.05, 0.1) is 18.3 Å². The van der Waals surface area contributed by atoms with Crippen molar-refractivity contribution in [3.05, 3.63) is 46.8 Å². The summed E-state index contributed by atoms with van der Waals surface area (Å²) >= 11 is 0. The molecule has 4 nitrogen and oxygen atoms in total. The summed E-state index contributed by atoms with van der Waals surface area (Å²) in [5.41, 5.74) is 4.74. The molecule has 0 amide bonds. The minimum absolute atomic E-state index is 0.152. The fourth-order valence-corrected chi connectivity index (χ4v) is 2.66. The van der Waals surface area contributed by atoms with Crippen LogP contribution in [-0.2, 0) is 7.05 Å². The maximum absolute atomic E-state index is 5.64. The first-order valence-corrected chi connectivity index (χ1v) is 7.48. The lowest BCUT2D eigenvalue weighted by Gasteiger charge is -2.18. The van der Waals surface area contributed by atoms with Crippen LogP contribution in [0.15, 0.2) is 24.3 Å². The van der Waals surface area contributed by atoms with Gasteiger partial charge < -0.3 is 10.1 Å². The van der Waals surface area contributed by atoms with Crippen LogP contribution in [0.2, 0.25) is 0 Å². The van der Waals surface area contributed by atoms with Gasteiger partial charge in [-0.1, -0.05) is 19.1 Å². The molecule has 0 spiro atoms. The van der Waals surface area contributed by atoms with Gasteiger partial charge in [-0.25, -0.2) is 0 Å². The average Bonchev–Trinajstić information content (AvgIpc) is 2.74. The molecule has 0 aliphatic heterocycles. The Balaban J connectivity index is 2.29. The van der Waals surface area contributed by atoms with E-state index in [1.54, 1.807) is 0 Å². The van der Waals surface area contributed by atoms with E-state index in [2.05, 4.69) is 43.3 Å². The fourth-order valence-electron chi connectivity index (χ4n) is 2.66. The Labute approximate surface area is 127 Å². The number of ether oxygens (including phenoxy) is 1. The van der Waals surface area contributed by atoms with Crippen LogP contribution >= 0.6 is 0 Å². The lowest BCUT2D eigenvalue weighted by molar-refractivity contribution is 0.317. The number of aromatic nitrogens is 2. The van der Waals surface area contributed by atoms with E-state index >= 15 is 0 Å². The van der Waals surface area contributed by atoms with Crippen LogP contribution in [-0.4, -0.2) is 23.4 Å². The molecule has 4 heteroatoms. The molecule has 1 aromatic carbocycles. The van der Waals surface area contributed by atoms with E-state index in [0.29, 0.717) is 0 Å². The van der Waals surface area contributed by atoms with Crippen LogP contribution in [0, 0.1) is 13.8 Å². The maximum atomic E-state index is 5.64. The van der Waals surface area contributed by atoms with E-state index in [4.69, 9.17) is 4.74 Å². The minimum Gasteiger partial charge on any atom is -0.494 e. The molecule has 0 bridgehead atoms. The summed E-state index contributed by atoms with van der Waals surface area (Å²) in [7, 11) is 3.97. The third kappa shape index (κ3) is 3.27. The first-order chi connectivity index (χ1) is 10.1. The van der Waals surface area contributed by atoms with Gasteiger partial charge in [0, 0.05) is 18.3 Å². The molecule has 0 radical (unpaired) electrons. The Morgan fingerprint density at radius 3 is 2.38 bits per heavy atom. The first kappa shape index (κ1) is 15.6. The highest BCUT2D eigenvalue weighted by molar-refractivity contribution is 5.39. The average molecular weight is 287 g/mol. The van der Waals surface area contributed by atoms with Gasteiger partial charge >= 0.3 is 0 Å². The molecule has 1 heterocycles. The van der Waals surface area contributed by atoms with Crippen molar-refractivity contribution in [1.82, 2.24) is 15.1 Å². The van der Waals surface area contributed by atoms with Crippen LogP contribution in [0.3, 0.4) is 0 Å². The van der Waals surface area contributed by atoms with Gasteiger partial charge in [0.15, 0.2) is 0 Å². The van der Waals surface area contributed by atoms with Gasteiger partial charge in [-0.15, -0.1) is 0 Å². The predicted octanol–water partition coefficient (Wildman–Crippen LogP) is 3.13. The number of hydrogen-bond acceptors (Lipinski definition) is 3. The molecule has 1 aromatic heterocycles. The van der Waals surface area contributed by atoms with Gasteiger partial charge in [-0.05, 0) is 45.0 Å². The predicted molar refractivity (Wildman–Crippen MR) is 85.8 cm³/mol. The second-order valence-corrected chi connectivity index (χ2v) is 5.35. The second-order valence-electron chi connectivity index (χ2n) is 5.35. The van der Waals surface area contributed by atoms with Crippen molar-refractivity contribution in [2.45, 2.75) is 33.2 Å². The fraction of sp³-hybridized carbons (Fsp3) is 0.471. The van der Waals surface area contributed by atoms with E-state index in [1.165, 1.54) is 16.8 Å². The molecule has 1 unspecified atom stereocenters. The summed E-state index contributed by atoms with van der Waals surface area (Å²) in [6.45, 7) is 7.04. The molecule has 21 heavy (non-hydrogen) atoms. The Bertz CT molecular complexity index is 587. The summed E-state index contributed by atoms with van der Waals surface area (Å²) < 4.78 is 7.58. The van der Waals surface area contributed by atoms with Crippen molar-refractivity contribution in [3.8, 4) is 5.75 Å². The highest BCUT2D eigenvalue weighted by Crippen LogP contribution is 2.28. The first-order valence-electron chi connectivity index (χ1n) is 7.48. The molecule has 0 saturated carbocycles. The van der Waals surface area contributed by atoms with Crippen molar-refractivity contribution >= 4 is 0 Å². The van der Waals surface area contributed by atoms with E-state index in [1.807, 2.05) is 30.9 Å². The SMILES string of the molecule is CCCOc1ccc(C(NC)c2c(C)nn(C)c2C)cc1. The van der Waals surface area contributed by atoms with Crippen molar-refractivity contribution in [1.29, 1.82) is 0 Å². The van der Waals surface area contributed by atoms with E-state index in [9.17, 15) is 0 Å². The van der Waals surface area contributed by atoms with Crippen LogP contribution in [0.25, 0.3) is 0 Å². The van der Waals surface area contributed by atoms with Crippen LogP contribution < -0.4 is 10.1 Å². The summed E-state index contributed by atoms with van der Waals surface area (Å²) in [5, 5.41) is 7.91. The van der Waals surface area contributed by atoms with Crippen LogP contribution in [0.4, 0.5) is 0 Å². The molecular weight excluding hydrogens is 262 g/mol. The normalized spacial score (nSPS) is 12.4. The zero-order valence-electron chi connectivity index (χ0n) is 13.6. The smallest absolute Gasteiger partial charge is 0.119 e.